The Morgan fingerprint density at radius 2 is 2.07 bits per heavy atom. The van der Waals surface area contributed by atoms with E-state index in [1.807, 2.05) is 0 Å². The molecule has 1 rings (SSSR count). The van der Waals surface area contributed by atoms with E-state index in [1.54, 1.807) is 6.92 Å². The normalized spacial score (nSPS) is 23.8. The molecule has 0 heterocycles. The molecule has 4 heteroatoms. The summed E-state index contributed by atoms with van der Waals surface area (Å²) in [6.45, 7) is 1.65. The molecule has 0 aromatic rings. The molecule has 1 saturated carbocycles. The smallest absolute Gasteiger partial charge is 0.150 e. The fourth-order valence-corrected chi connectivity index (χ4v) is 2.76. The molecule has 3 nitrogen and oxygen atoms in total. The fraction of sp³-hybridized carbons (Fsp3) is 0.900. The number of hydrogen-bond donors (Lipinski definition) is 0. The lowest BCUT2D eigenvalue weighted by atomic mass is 9.86. The summed E-state index contributed by atoms with van der Waals surface area (Å²) in [5, 5.41) is 0. The van der Waals surface area contributed by atoms with E-state index in [4.69, 9.17) is 0 Å². The van der Waals surface area contributed by atoms with E-state index < -0.39 is 9.84 Å². The van der Waals surface area contributed by atoms with Crippen molar-refractivity contribution >= 4 is 15.6 Å². The van der Waals surface area contributed by atoms with Gasteiger partial charge in [-0.05, 0) is 19.3 Å². The van der Waals surface area contributed by atoms with Crippen molar-refractivity contribution in [1.29, 1.82) is 0 Å². The van der Waals surface area contributed by atoms with Crippen LogP contribution in [0, 0.1) is 5.92 Å². The van der Waals surface area contributed by atoms with Crippen LogP contribution in [0.3, 0.4) is 0 Å². The Balaban J connectivity index is 2.40. The second kappa shape index (κ2) is 4.91. The molecule has 0 saturated heterocycles. The Hall–Kier alpha value is -0.380. The van der Waals surface area contributed by atoms with Gasteiger partial charge in [-0.1, -0.05) is 13.3 Å². The van der Waals surface area contributed by atoms with Gasteiger partial charge in [-0.25, -0.2) is 8.42 Å². The highest BCUT2D eigenvalue weighted by atomic mass is 32.2. The minimum atomic E-state index is -2.89. The third-order valence-electron chi connectivity index (χ3n) is 2.90. The van der Waals surface area contributed by atoms with Crippen molar-refractivity contribution < 1.29 is 13.2 Å². The van der Waals surface area contributed by atoms with Gasteiger partial charge in [0, 0.05) is 18.1 Å². The van der Waals surface area contributed by atoms with E-state index in [9.17, 15) is 13.2 Å². The lowest BCUT2D eigenvalue weighted by Crippen LogP contribution is -2.22. The molecule has 0 aromatic carbocycles. The molecule has 0 aromatic heterocycles. The highest BCUT2D eigenvalue weighted by molar-refractivity contribution is 7.91. The zero-order chi connectivity index (χ0) is 10.6. The molecule has 1 fully saturated rings. The first-order chi connectivity index (χ1) is 6.55. The summed E-state index contributed by atoms with van der Waals surface area (Å²) in [5.41, 5.74) is 0. The van der Waals surface area contributed by atoms with Crippen molar-refractivity contribution in [1.82, 2.24) is 0 Å². The fourth-order valence-electron chi connectivity index (χ4n) is 1.83. The number of ketones is 1. The number of sulfone groups is 1. The first kappa shape index (κ1) is 11.7. The van der Waals surface area contributed by atoms with Gasteiger partial charge in [-0.2, -0.15) is 0 Å². The van der Waals surface area contributed by atoms with Gasteiger partial charge >= 0.3 is 0 Å². The van der Waals surface area contributed by atoms with Gasteiger partial charge in [0.1, 0.15) is 15.6 Å². The minimum Gasteiger partial charge on any atom is -0.299 e. The number of Topliss-reactive ketones (excluding diaryl/α,β-unsaturated/α-hetero) is 1. The van der Waals surface area contributed by atoms with Crippen LogP contribution in [0.4, 0.5) is 0 Å². The van der Waals surface area contributed by atoms with Gasteiger partial charge in [-0.15, -0.1) is 0 Å². The first-order valence-corrected chi connectivity index (χ1v) is 7.10. The summed E-state index contributed by atoms with van der Waals surface area (Å²) < 4.78 is 22.5. The number of hydrogen-bond acceptors (Lipinski definition) is 3. The van der Waals surface area contributed by atoms with Crippen LogP contribution >= 0.6 is 0 Å². The zero-order valence-corrected chi connectivity index (χ0v) is 9.48. The maximum atomic E-state index is 11.4. The Labute approximate surface area is 85.8 Å². The number of rotatable bonds is 4. The summed E-state index contributed by atoms with van der Waals surface area (Å²) in [4.78, 5) is 11.4. The molecular weight excluding hydrogens is 200 g/mol. The summed E-state index contributed by atoms with van der Waals surface area (Å²) in [5.74, 6) is 0.654. The molecule has 1 atom stereocenters. The van der Waals surface area contributed by atoms with Gasteiger partial charge in [-0.3, -0.25) is 4.79 Å². The SMILES string of the molecule is CCS(=O)(=O)CCC1CCCCC1=O. The van der Waals surface area contributed by atoms with Gasteiger partial charge in [0.25, 0.3) is 0 Å². The van der Waals surface area contributed by atoms with Crippen LogP contribution in [0.2, 0.25) is 0 Å². The largest absolute Gasteiger partial charge is 0.299 e. The zero-order valence-electron chi connectivity index (χ0n) is 8.66. The summed E-state index contributed by atoms with van der Waals surface area (Å²) >= 11 is 0. The predicted octanol–water partition coefficient (Wildman–Crippen LogP) is 1.57. The molecule has 1 unspecified atom stereocenters. The molecule has 0 amide bonds. The van der Waals surface area contributed by atoms with Crippen LogP contribution in [0.25, 0.3) is 0 Å². The predicted molar refractivity (Wildman–Crippen MR) is 55.9 cm³/mol. The van der Waals surface area contributed by atoms with Gasteiger partial charge in [0.05, 0.1) is 5.75 Å². The second-order valence-electron chi connectivity index (χ2n) is 3.93. The first-order valence-electron chi connectivity index (χ1n) is 5.28. The van der Waals surface area contributed by atoms with Crippen molar-refractivity contribution in [2.45, 2.75) is 39.0 Å². The molecule has 0 spiro atoms. The molecule has 0 N–H and O–H groups in total. The highest BCUT2D eigenvalue weighted by Crippen LogP contribution is 2.23. The maximum absolute atomic E-state index is 11.4. The molecule has 14 heavy (non-hydrogen) atoms. The van der Waals surface area contributed by atoms with Crippen LogP contribution in [-0.2, 0) is 14.6 Å². The molecule has 82 valence electrons. The van der Waals surface area contributed by atoms with Crippen molar-refractivity contribution in [2.24, 2.45) is 5.92 Å². The van der Waals surface area contributed by atoms with E-state index in [2.05, 4.69) is 0 Å². The average molecular weight is 218 g/mol. The third kappa shape index (κ3) is 3.40. The Morgan fingerprint density at radius 3 is 2.64 bits per heavy atom. The van der Waals surface area contributed by atoms with Crippen molar-refractivity contribution in [3.05, 3.63) is 0 Å². The monoisotopic (exact) mass is 218 g/mol. The molecular formula is C10H18O3S. The van der Waals surface area contributed by atoms with Crippen molar-refractivity contribution in [2.75, 3.05) is 11.5 Å². The second-order valence-corrected chi connectivity index (χ2v) is 6.41. The topological polar surface area (TPSA) is 51.2 Å². The van der Waals surface area contributed by atoms with E-state index in [1.165, 1.54) is 0 Å². The Morgan fingerprint density at radius 1 is 1.36 bits per heavy atom. The molecule has 0 aliphatic heterocycles. The third-order valence-corrected chi connectivity index (χ3v) is 4.64. The summed E-state index contributed by atoms with van der Waals surface area (Å²) in [6, 6.07) is 0. The van der Waals surface area contributed by atoms with E-state index >= 15 is 0 Å². The van der Waals surface area contributed by atoms with Gasteiger partial charge in [0.2, 0.25) is 0 Å². The highest BCUT2D eigenvalue weighted by Gasteiger charge is 2.23. The summed E-state index contributed by atoms with van der Waals surface area (Å²) in [6.07, 6.45) is 4.13. The van der Waals surface area contributed by atoms with Crippen molar-refractivity contribution in [3.8, 4) is 0 Å². The Kier molecular flexibility index (Phi) is 4.11. The molecule has 1 aliphatic carbocycles. The van der Waals surface area contributed by atoms with Crippen LogP contribution in [0.15, 0.2) is 0 Å². The van der Waals surface area contributed by atoms with Crippen molar-refractivity contribution in [3.63, 3.8) is 0 Å². The van der Waals surface area contributed by atoms with Crippen LogP contribution in [-0.4, -0.2) is 25.7 Å². The Bertz CT molecular complexity index is 292. The van der Waals surface area contributed by atoms with E-state index in [0.717, 1.165) is 19.3 Å². The quantitative estimate of drug-likeness (QED) is 0.719. The van der Waals surface area contributed by atoms with Gasteiger partial charge < -0.3 is 0 Å². The van der Waals surface area contributed by atoms with E-state index in [0.29, 0.717) is 12.8 Å². The average Bonchev–Trinajstić information content (AvgIpc) is 2.17. The number of carbonyl (C=O) groups is 1. The summed E-state index contributed by atoms with van der Waals surface area (Å²) in [7, 11) is -2.89. The van der Waals surface area contributed by atoms with Gasteiger partial charge in [0.15, 0.2) is 0 Å². The lowest BCUT2D eigenvalue weighted by Gasteiger charge is -2.19. The standard InChI is InChI=1S/C10H18O3S/c1-2-14(12,13)8-7-9-5-3-4-6-10(9)11/h9H,2-8H2,1H3. The lowest BCUT2D eigenvalue weighted by molar-refractivity contribution is -0.124. The van der Waals surface area contributed by atoms with E-state index in [-0.39, 0.29) is 23.2 Å². The molecule has 1 aliphatic rings. The van der Waals surface area contributed by atoms with Crippen LogP contribution in [0.5, 0.6) is 0 Å². The van der Waals surface area contributed by atoms with Crippen LogP contribution < -0.4 is 0 Å². The maximum Gasteiger partial charge on any atom is 0.150 e. The minimum absolute atomic E-state index is 0.0186. The molecule has 0 radical (unpaired) electrons. The molecule has 0 bridgehead atoms. The number of carbonyl (C=O) groups excluding carboxylic acids is 1. The van der Waals surface area contributed by atoms with Crippen LogP contribution in [0.1, 0.15) is 39.0 Å².